The summed E-state index contributed by atoms with van der Waals surface area (Å²) >= 11 is 0. The Bertz CT molecular complexity index is 253. The van der Waals surface area contributed by atoms with E-state index in [4.69, 9.17) is 0 Å². The summed E-state index contributed by atoms with van der Waals surface area (Å²) in [7, 11) is 0. The second-order valence-electron chi connectivity index (χ2n) is 6.11. The lowest BCUT2D eigenvalue weighted by Gasteiger charge is -2.29. The summed E-state index contributed by atoms with van der Waals surface area (Å²) in [6.07, 6.45) is 12.5. The van der Waals surface area contributed by atoms with Crippen LogP contribution in [0.2, 0.25) is 0 Å². The van der Waals surface area contributed by atoms with Gasteiger partial charge in [0.25, 0.3) is 0 Å². The van der Waals surface area contributed by atoms with E-state index in [9.17, 15) is 4.79 Å². The third-order valence-corrected chi connectivity index (χ3v) is 4.57. The SMILES string of the molecule is CCCC1CCC(NC(=O)NC2CCCC2)CC1. The van der Waals surface area contributed by atoms with Crippen molar-refractivity contribution in [1.29, 1.82) is 0 Å². The molecule has 2 aliphatic carbocycles. The predicted molar refractivity (Wildman–Crippen MR) is 74.6 cm³/mol. The van der Waals surface area contributed by atoms with E-state index in [1.165, 1.54) is 51.4 Å². The Morgan fingerprint density at radius 3 is 2.06 bits per heavy atom. The van der Waals surface area contributed by atoms with Gasteiger partial charge >= 0.3 is 6.03 Å². The van der Waals surface area contributed by atoms with Crippen molar-refractivity contribution in [2.24, 2.45) is 5.92 Å². The molecule has 2 aliphatic rings. The largest absolute Gasteiger partial charge is 0.335 e. The number of urea groups is 1. The quantitative estimate of drug-likeness (QED) is 0.789. The second-order valence-corrected chi connectivity index (χ2v) is 6.11. The van der Waals surface area contributed by atoms with Gasteiger partial charge in [-0.25, -0.2) is 4.79 Å². The Labute approximate surface area is 111 Å². The summed E-state index contributed by atoms with van der Waals surface area (Å²) in [5, 5.41) is 6.27. The molecule has 2 saturated carbocycles. The molecule has 0 unspecified atom stereocenters. The molecule has 18 heavy (non-hydrogen) atoms. The van der Waals surface area contributed by atoms with Crippen molar-refractivity contribution in [1.82, 2.24) is 10.6 Å². The van der Waals surface area contributed by atoms with E-state index < -0.39 is 0 Å². The highest BCUT2D eigenvalue weighted by Crippen LogP contribution is 2.27. The van der Waals surface area contributed by atoms with Crippen molar-refractivity contribution in [3.8, 4) is 0 Å². The van der Waals surface area contributed by atoms with Gasteiger partial charge < -0.3 is 10.6 Å². The van der Waals surface area contributed by atoms with Crippen LogP contribution in [0.1, 0.15) is 71.1 Å². The number of hydrogen-bond donors (Lipinski definition) is 2. The van der Waals surface area contributed by atoms with Gasteiger partial charge in [0.05, 0.1) is 0 Å². The van der Waals surface area contributed by atoms with E-state index in [2.05, 4.69) is 17.6 Å². The molecule has 0 aromatic heterocycles. The Kier molecular flexibility index (Phi) is 5.33. The molecular formula is C15H28N2O. The van der Waals surface area contributed by atoms with Crippen LogP contribution in [-0.2, 0) is 0 Å². The van der Waals surface area contributed by atoms with Gasteiger partial charge in [-0.3, -0.25) is 0 Å². The Morgan fingerprint density at radius 1 is 0.944 bits per heavy atom. The molecule has 0 heterocycles. The molecule has 0 spiro atoms. The summed E-state index contributed by atoms with van der Waals surface area (Å²) in [4.78, 5) is 11.9. The van der Waals surface area contributed by atoms with Crippen LogP contribution in [0.3, 0.4) is 0 Å². The van der Waals surface area contributed by atoms with Crippen molar-refractivity contribution >= 4 is 6.03 Å². The lowest BCUT2D eigenvalue weighted by Crippen LogP contribution is -2.46. The number of rotatable bonds is 4. The predicted octanol–water partition coefficient (Wildman–Crippen LogP) is 3.59. The summed E-state index contributed by atoms with van der Waals surface area (Å²) in [6, 6.07) is 0.918. The van der Waals surface area contributed by atoms with Crippen LogP contribution in [0.15, 0.2) is 0 Å². The fourth-order valence-corrected chi connectivity index (χ4v) is 3.49. The van der Waals surface area contributed by atoms with E-state index >= 15 is 0 Å². The highest BCUT2D eigenvalue weighted by Gasteiger charge is 2.23. The smallest absolute Gasteiger partial charge is 0.315 e. The molecule has 2 rings (SSSR count). The summed E-state index contributed by atoms with van der Waals surface area (Å²) in [6.45, 7) is 2.26. The number of carbonyl (C=O) groups excluding carboxylic acids is 1. The minimum absolute atomic E-state index is 0.0702. The zero-order valence-corrected chi connectivity index (χ0v) is 11.7. The average Bonchev–Trinajstić information content (AvgIpc) is 2.84. The van der Waals surface area contributed by atoms with Crippen LogP contribution >= 0.6 is 0 Å². The van der Waals surface area contributed by atoms with Crippen molar-refractivity contribution < 1.29 is 4.79 Å². The zero-order valence-electron chi connectivity index (χ0n) is 11.7. The Balaban J connectivity index is 1.63. The lowest BCUT2D eigenvalue weighted by atomic mass is 9.83. The van der Waals surface area contributed by atoms with Crippen LogP contribution in [0.25, 0.3) is 0 Å². The second kappa shape index (κ2) is 7.01. The van der Waals surface area contributed by atoms with Gasteiger partial charge in [0, 0.05) is 12.1 Å². The van der Waals surface area contributed by atoms with Crippen molar-refractivity contribution in [3.63, 3.8) is 0 Å². The number of hydrogen-bond acceptors (Lipinski definition) is 1. The standard InChI is InChI=1S/C15H28N2O/c1-2-5-12-8-10-14(11-9-12)17-15(18)16-13-6-3-4-7-13/h12-14H,2-11H2,1H3,(H2,16,17,18). The van der Waals surface area contributed by atoms with Gasteiger partial charge in [-0.15, -0.1) is 0 Å². The van der Waals surface area contributed by atoms with E-state index in [0.29, 0.717) is 12.1 Å². The summed E-state index contributed by atoms with van der Waals surface area (Å²) in [5.41, 5.74) is 0. The molecule has 0 bridgehead atoms. The van der Waals surface area contributed by atoms with Crippen molar-refractivity contribution in [3.05, 3.63) is 0 Å². The van der Waals surface area contributed by atoms with Crippen LogP contribution in [0, 0.1) is 5.92 Å². The molecule has 2 fully saturated rings. The van der Waals surface area contributed by atoms with E-state index in [1.54, 1.807) is 0 Å². The van der Waals surface area contributed by atoms with E-state index in [0.717, 1.165) is 18.8 Å². The molecule has 0 atom stereocenters. The Morgan fingerprint density at radius 2 is 1.50 bits per heavy atom. The number of nitrogens with one attached hydrogen (secondary N) is 2. The normalized spacial score (nSPS) is 29.2. The summed E-state index contributed by atoms with van der Waals surface area (Å²) in [5.74, 6) is 0.908. The molecule has 3 nitrogen and oxygen atoms in total. The molecular weight excluding hydrogens is 224 g/mol. The van der Waals surface area contributed by atoms with Crippen molar-refractivity contribution in [2.75, 3.05) is 0 Å². The Hall–Kier alpha value is -0.730. The first-order valence-electron chi connectivity index (χ1n) is 7.85. The van der Waals surface area contributed by atoms with Gasteiger partial charge in [-0.05, 0) is 44.4 Å². The highest BCUT2D eigenvalue weighted by atomic mass is 16.2. The van der Waals surface area contributed by atoms with Gasteiger partial charge in [0.15, 0.2) is 0 Å². The maximum absolute atomic E-state index is 11.9. The molecule has 0 aromatic rings. The monoisotopic (exact) mass is 252 g/mol. The maximum atomic E-state index is 11.9. The van der Waals surface area contributed by atoms with Gasteiger partial charge in [0.2, 0.25) is 0 Å². The molecule has 0 saturated heterocycles. The van der Waals surface area contributed by atoms with Crippen molar-refractivity contribution in [2.45, 2.75) is 83.2 Å². The molecule has 0 radical (unpaired) electrons. The third-order valence-electron chi connectivity index (χ3n) is 4.57. The molecule has 3 heteroatoms. The van der Waals surface area contributed by atoms with Crippen LogP contribution in [-0.4, -0.2) is 18.1 Å². The van der Waals surface area contributed by atoms with Gasteiger partial charge in [-0.2, -0.15) is 0 Å². The van der Waals surface area contributed by atoms with Crippen LogP contribution in [0.4, 0.5) is 4.79 Å². The summed E-state index contributed by atoms with van der Waals surface area (Å²) < 4.78 is 0. The first-order chi connectivity index (χ1) is 8.78. The minimum atomic E-state index is 0.0702. The molecule has 2 N–H and O–H groups in total. The fraction of sp³-hybridized carbons (Fsp3) is 0.933. The molecule has 2 amide bonds. The number of carbonyl (C=O) groups is 1. The van der Waals surface area contributed by atoms with Crippen LogP contribution < -0.4 is 10.6 Å². The average molecular weight is 252 g/mol. The zero-order chi connectivity index (χ0) is 12.8. The molecule has 104 valence electrons. The third kappa shape index (κ3) is 4.18. The maximum Gasteiger partial charge on any atom is 0.315 e. The van der Waals surface area contributed by atoms with E-state index in [1.807, 2.05) is 0 Å². The highest BCUT2D eigenvalue weighted by molar-refractivity contribution is 5.74. The van der Waals surface area contributed by atoms with Gasteiger partial charge in [0.1, 0.15) is 0 Å². The number of amides is 2. The molecule has 0 aliphatic heterocycles. The first-order valence-corrected chi connectivity index (χ1v) is 7.85. The topological polar surface area (TPSA) is 41.1 Å². The van der Waals surface area contributed by atoms with Gasteiger partial charge in [-0.1, -0.05) is 32.6 Å². The first kappa shape index (κ1) is 13.7. The fourth-order valence-electron chi connectivity index (χ4n) is 3.49. The van der Waals surface area contributed by atoms with E-state index in [-0.39, 0.29) is 6.03 Å². The minimum Gasteiger partial charge on any atom is -0.335 e. The molecule has 0 aromatic carbocycles. The lowest BCUT2D eigenvalue weighted by molar-refractivity contribution is 0.222. The van der Waals surface area contributed by atoms with Crippen LogP contribution in [0.5, 0.6) is 0 Å².